The molecule has 2 unspecified atom stereocenters. The van der Waals surface area contributed by atoms with Crippen molar-refractivity contribution < 1.29 is 0 Å². The Balaban J connectivity index is 1.90. The molecule has 2 heteroatoms. The summed E-state index contributed by atoms with van der Waals surface area (Å²) in [7, 11) is 0. The normalized spacial score (nSPS) is 32.9. The van der Waals surface area contributed by atoms with E-state index in [1.165, 1.54) is 37.2 Å². The van der Waals surface area contributed by atoms with Gasteiger partial charge in [-0.3, -0.25) is 0 Å². The number of imidazole rings is 1. The zero-order valence-corrected chi connectivity index (χ0v) is 10.6. The summed E-state index contributed by atoms with van der Waals surface area (Å²) in [4.78, 5) is 4.52. The lowest BCUT2D eigenvalue weighted by Crippen LogP contribution is -2.18. The first-order valence-electron chi connectivity index (χ1n) is 6.70. The highest BCUT2D eigenvalue weighted by molar-refractivity contribution is 5.12. The quantitative estimate of drug-likeness (QED) is 0.740. The second kappa shape index (κ2) is 3.61. The van der Waals surface area contributed by atoms with Crippen LogP contribution in [0.15, 0.2) is 6.20 Å². The van der Waals surface area contributed by atoms with E-state index in [0.29, 0.717) is 5.92 Å². The Kier molecular flexibility index (Phi) is 2.34. The van der Waals surface area contributed by atoms with Gasteiger partial charge in [0.1, 0.15) is 5.82 Å². The molecule has 0 N–H and O–H groups in total. The van der Waals surface area contributed by atoms with Gasteiger partial charge in [0.2, 0.25) is 0 Å². The Morgan fingerprint density at radius 1 is 1.25 bits per heavy atom. The van der Waals surface area contributed by atoms with Crippen molar-refractivity contribution in [1.29, 1.82) is 0 Å². The minimum absolute atomic E-state index is 0.597. The third-order valence-electron chi connectivity index (χ3n) is 4.69. The topological polar surface area (TPSA) is 17.8 Å². The van der Waals surface area contributed by atoms with E-state index in [2.05, 4.69) is 36.5 Å². The monoisotopic (exact) mass is 218 g/mol. The smallest absolute Gasteiger partial charge is 0.105 e. The number of aromatic nitrogens is 2. The van der Waals surface area contributed by atoms with Gasteiger partial charge in [0, 0.05) is 17.9 Å². The van der Waals surface area contributed by atoms with E-state index in [0.717, 1.165) is 17.9 Å². The van der Waals surface area contributed by atoms with Gasteiger partial charge in [-0.1, -0.05) is 13.8 Å². The van der Waals surface area contributed by atoms with Crippen LogP contribution in [0.3, 0.4) is 0 Å². The molecule has 0 radical (unpaired) electrons. The van der Waals surface area contributed by atoms with Crippen molar-refractivity contribution in [3.63, 3.8) is 0 Å². The Morgan fingerprint density at radius 3 is 2.38 bits per heavy atom. The van der Waals surface area contributed by atoms with Gasteiger partial charge < -0.3 is 4.57 Å². The van der Waals surface area contributed by atoms with E-state index in [1.807, 2.05) is 0 Å². The van der Waals surface area contributed by atoms with Crippen LogP contribution in [-0.2, 0) is 0 Å². The van der Waals surface area contributed by atoms with Crippen LogP contribution in [0.25, 0.3) is 0 Å². The predicted molar refractivity (Wildman–Crippen MR) is 65.5 cm³/mol. The van der Waals surface area contributed by atoms with Crippen molar-refractivity contribution >= 4 is 0 Å². The Hall–Kier alpha value is -0.790. The number of hydrogen-bond donors (Lipinski definition) is 0. The molecule has 88 valence electrons. The van der Waals surface area contributed by atoms with E-state index < -0.39 is 0 Å². The van der Waals surface area contributed by atoms with Crippen molar-refractivity contribution in [3.05, 3.63) is 17.7 Å². The van der Waals surface area contributed by atoms with Crippen LogP contribution in [-0.4, -0.2) is 9.55 Å². The van der Waals surface area contributed by atoms with Gasteiger partial charge >= 0.3 is 0 Å². The number of fused-ring (bicyclic) bond motifs is 1. The number of hydrogen-bond acceptors (Lipinski definition) is 1. The molecule has 2 nitrogen and oxygen atoms in total. The molecule has 0 spiro atoms. The Morgan fingerprint density at radius 2 is 1.88 bits per heavy atom. The van der Waals surface area contributed by atoms with Crippen LogP contribution >= 0.6 is 0 Å². The maximum Gasteiger partial charge on any atom is 0.105 e. The maximum atomic E-state index is 4.52. The number of aryl methyl sites for hydroxylation is 1. The van der Waals surface area contributed by atoms with E-state index in [1.54, 1.807) is 0 Å². The second-order valence-corrected chi connectivity index (χ2v) is 5.98. The second-order valence-electron chi connectivity index (χ2n) is 5.98. The summed E-state index contributed by atoms with van der Waals surface area (Å²) >= 11 is 0. The molecule has 0 bridgehead atoms. The molecule has 2 fully saturated rings. The average Bonchev–Trinajstić information content (AvgIpc) is 2.70. The van der Waals surface area contributed by atoms with Crippen molar-refractivity contribution in [3.8, 4) is 0 Å². The van der Waals surface area contributed by atoms with Crippen molar-refractivity contribution in [2.24, 2.45) is 11.8 Å². The fraction of sp³-hybridized carbons (Fsp3) is 0.786. The molecule has 0 amide bonds. The molecule has 3 rings (SSSR count). The van der Waals surface area contributed by atoms with Crippen LogP contribution in [0.4, 0.5) is 0 Å². The van der Waals surface area contributed by atoms with Crippen LogP contribution < -0.4 is 0 Å². The van der Waals surface area contributed by atoms with Gasteiger partial charge in [-0.2, -0.15) is 0 Å². The molecular formula is C14H22N2. The van der Waals surface area contributed by atoms with Crippen molar-refractivity contribution in [1.82, 2.24) is 9.55 Å². The van der Waals surface area contributed by atoms with Gasteiger partial charge in [0.25, 0.3) is 0 Å². The average molecular weight is 218 g/mol. The van der Waals surface area contributed by atoms with Gasteiger partial charge in [0.15, 0.2) is 0 Å². The molecule has 1 heterocycles. The van der Waals surface area contributed by atoms with Crippen LogP contribution in [0.2, 0.25) is 0 Å². The molecule has 0 aromatic carbocycles. The van der Waals surface area contributed by atoms with E-state index >= 15 is 0 Å². The predicted octanol–water partition coefficient (Wildman–Crippen LogP) is 3.68. The lowest BCUT2D eigenvalue weighted by molar-refractivity contribution is 0.219. The van der Waals surface area contributed by atoms with Gasteiger partial charge in [-0.15, -0.1) is 0 Å². The fourth-order valence-electron chi connectivity index (χ4n) is 3.64. The molecule has 0 saturated heterocycles. The first-order valence-corrected chi connectivity index (χ1v) is 6.70. The minimum Gasteiger partial charge on any atom is -0.329 e. The zero-order valence-electron chi connectivity index (χ0n) is 10.6. The summed E-state index contributed by atoms with van der Waals surface area (Å²) < 4.78 is 2.53. The molecular weight excluding hydrogens is 196 g/mol. The minimum atomic E-state index is 0.597. The number of rotatable bonds is 2. The maximum absolute atomic E-state index is 4.52. The Labute approximate surface area is 98.1 Å². The standard InChI is InChI=1S/C14H22N2/c1-9(2)14-8-15-10(3)16(14)13-6-11-4-5-12(11)7-13/h8-9,11-13H,4-7H2,1-3H3. The lowest BCUT2D eigenvalue weighted by Gasteiger charge is -2.29. The lowest BCUT2D eigenvalue weighted by atomic mass is 9.77. The molecule has 2 atom stereocenters. The molecule has 0 aliphatic heterocycles. The van der Waals surface area contributed by atoms with E-state index in [-0.39, 0.29) is 0 Å². The van der Waals surface area contributed by atoms with Crippen molar-refractivity contribution in [2.75, 3.05) is 0 Å². The molecule has 2 aliphatic carbocycles. The van der Waals surface area contributed by atoms with E-state index in [4.69, 9.17) is 0 Å². The van der Waals surface area contributed by atoms with Crippen LogP contribution in [0.5, 0.6) is 0 Å². The summed E-state index contributed by atoms with van der Waals surface area (Å²) in [5, 5.41) is 0. The largest absolute Gasteiger partial charge is 0.329 e. The number of nitrogens with zero attached hydrogens (tertiary/aromatic N) is 2. The highest BCUT2D eigenvalue weighted by atomic mass is 15.1. The van der Waals surface area contributed by atoms with Crippen LogP contribution in [0.1, 0.15) is 63.0 Å². The summed E-state index contributed by atoms with van der Waals surface area (Å²) in [5.74, 6) is 3.88. The molecule has 2 saturated carbocycles. The fourth-order valence-corrected chi connectivity index (χ4v) is 3.64. The summed E-state index contributed by atoms with van der Waals surface area (Å²) in [6.45, 7) is 6.71. The first-order chi connectivity index (χ1) is 7.66. The molecule has 2 aliphatic rings. The SMILES string of the molecule is Cc1ncc(C(C)C)n1C1CC2CCC2C1. The van der Waals surface area contributed by atoms with Gasteiger partial charge in [-0.25, -0.2) is 4.98 Å². The van der Waals surface area contributed by atoms with Gasteiger partial charge in [0.05, 0.1) is 0 Å². The molecule has 1 aromatic rings. The highest BCUT2D eigenvalue weighted by Gasteiger charge is 2.41. The summed E-state index contributed by atoms with van der Waals surface area (Å²) in [5.41, 5.74) is 1.43. The van der Waals surface area contributed by atoms with Gasteiger partial charge in [-0.05, 0) is 50.4 Å². The first kappa shape index (κ1) is 10.4. The van der Waals surface area contributed by atoms with Crippen molar-refractivity contribution in [2.45, 2.75) is 58.4 Å². The Bertz CT molecular complexity index is 379. The molecule has 16 heavy (non-hydrogen) atoms. The molecule has 1 aromatic heterocycles. The summed E-state index contributed by atoms with van der Waals surface area (Å²) in [6, 6.07) is 0.748. The zero-order chi connectivity index (χ0) is 11.3. The highest BCUT2D eigenvalue weighted by Crippen LogP contribution is 2.51. The summed E-state index contributed by atoms with van der Waals surface area (Å²) in [6.07, 6.45) is 7.85. The third kappa shape index (κ3) is 1.42. The third-order valence-corrected chi connectivity index (χ3v) is 4.69. The van der Waals surface area contributed by atoms with Crippen LogP contribution in [0, 0.1) is 18.8 Å². The van der Waals surface area contributed by atoms with E-state index in [9.17, 15) is 0 Å².